The van der Waals surface area contributed by atoms with Crippen molar-refractivity contribution in [3.05, 3.63) is 84.9 Å². The summed E-state index contributed by atoms with van der Waals surface area (Å²) in [6.45, 7) is 2.06. The highest BCUT2D eigenvalue weighted by molar-refractivity contribution is 5.85. The minimum Gasteiger partial charge on any atom is -0.497 e. The van der Waals surface area contributed by atoms with Crippen molar-refractivity contribution in [1.29, 1.82) is 0 Å². The van der Waals surface area contributed by atoms with Crippen molar-refractivity contribution in [2.45, 2.75) is 26.2 Å². The SMILES string of the molecule is CCCCC(=O)Oc1ccc2ccccc2c1.COc1ccc2ccccc2c1. The maximum Gasteiger partial charge on any atom is 0.311 e. The van der Waals surface area contributed by atoms with E-state index in [-0.39, 0.29) is 5.97 Å². The maximum atomic E-state index is 11.5. The highest BCUT2D eigenvalue weighted by atomic mass is 16.5. The molecule has 148 valence electrons. The molecule has 0 radical (unpaired) electrons. The molecule has 0 unspecified atom stereocenters. The third-order valence-electron chi connectivity index (χ3n) is 4.64. The van der Waals surface area contributed by atoms with Crippen molar-refractivity contribution in [2.24, 2.45) is 0 Å². The van der Waals surface area contributed by atoms with E-state index >= 15 is 0 Å². The molecule has 4 rings (SSSR count). The van der Waals surface area contributed by atoms with Gasteiger partial charge in [-0.3, -0.25) is 4.79 Å². The van der Waals surface area contributed by atoms with Gasteiger partial charge in [0.15, 0.2) is 0 Å². The van der Waals surface area contributed by atoms with E-state index in [4.69, 9.17) is 9.47 Å². The number of methoxy groups -OCH3 is 1. The standard InChI is InChI=1S/C15H16O2.C11H10O/c1-2-3-8-15(16)17-14-10-9-12-6-4-5-7-13(12)11-14;1-12-11-7-6-9-4-2-3-5-10(9)8-11/h4-7,9-11H,2-3,8H2,1H3;2-8H,1H3. The highest BCUT2D eigenvalue weighted by Crippen LogP contribution is 2.21. The molecule has 0 atom stereocenters. The maximum absolute atomic E-state index is 11.5. The summed E-state index contributed by atoms with van der Waals surface area (Å²) in [6.07, 6.45) is 2.38. The molecule has 0 fully saturated rings. The molecule has 0 aromatic heterocycles. The van der Waals surface area contributed by atoms with Crippen LogP contribution in [0.3, 0.4) is 0 Å². The number of hydrogen-bond donors (Lipinski definition) is 0. The number of ether oxygens (including phenoxy) is 2. The van der Waals surface area contributed by atoms with Gasteiger partial charge < -0.3 is 9.47 Å². The van der Waals surface area contributed by atoms with Crippen LogP contribution in [0.1, 0.15) is 26.2 Å². The van der Waals surface area contributed by atoms with E-state index in [1.165, 1.54) is 10.8 Å². The zero-order valence-electron chi connectivity index (χ0n) is 16.9. The molecular weight excluding hydrogens is 360 g/mol. The van der Waals surface area contributed by atoms with Crippen molar-refractivity contribution in [2.75, 3.05) is 7.11 Å². The Morgan fingerprint density at radius 1 is 0.724 bits per heavy atom. The van der Waals surface area contributed by atoms with E-state index < -0.39 is 0 Å². The molecule has 4 aromatic carbocycles. The summed E-state index contributed by atoms with van der Waals surface area (Å²) in [5.74, 6) is 1.39. The van der Waals surface area contributed by atoms with Crippen LogP contribution in [0.15, 0.2) is 84.9 Å². The summed E-state index contributed by atoms with van der Waals surface area (Å²) in [5, 5.41) is 4.71. The summed E-state index contributed by atoms with van der Waals surface area (Å²) in [6, 6.07) is 28.1. The molecule has 0 bridgehead atoms. The van der Waals surface area contributed by atoms with Crippen LogP contribution in [0.25, 0.3) is 21.5 Å². The van der Waals surface area contributed by atoms with Crippen LogP contribution < -0.4 is 9.47 Å². The quantitative estimate of drug-likeness (QED) is 0.280. The van der Waals surface area contributed by atoms with E-state index in [1.54, 1.807) is 7.11 Å². The lowest BCUT2D eigenvalue weighted by Gasteiger charge is -2.05. The van der Waals surface area contributed by atoms with E-state index in [0.29, 0.717) is 12.2 Å². The molecule has 0 aliphatic heterocycles. The molecule has 4 aromatic rings. The predicted molar refractivity (Wildman–Crippen MR) is 120 cm³/mol. The Morgan fingerprint density at radius 3 is 1.79 bits per heavy atom. The number of hydrogen-bond acceptors (Lipinski definition) is 3. The highest BCUT2D eigenvalue weighted by Gasteiger charge is 2.04. The molecule has 0 amide bonds. The lowest BCUT2D eigenvalue weighted by molar-refractivity contribution is -0.134. The summed E-state index contributed by atoms with van der Waals surface area (Å²) in [7, 11) is 1.68. The van der Waals surface area contributed by atoms with Gasteiger partial charge >= 0.3 is 5.97 Å². The summed E-state index contributed by atoms with van der Waals surface area (Å²) in [5.41, 5.74) is 0. The number of fused-ring (bicyclic) bond motifs is 2. The zero-order valence-corrected chi connectivity index (χ0v) is 16.9. The summed E-state index contributed by atoms with van der Waals surface area (Å²) < 4.78 is 10.4. The molecule has 0 aliphatic rings. The Balaban J connectivity index is 0.000000176. The number of carbonyl (C=O) groups excluding carboxylic acids is 1. The Bertz CT molecular complexity index is 1090. The first-order chi connectivity index (χ1) is 14.2. The van der Waals surface area contributed by atoms with Crippen LogP contribution in [0.4, 0.5) is 0 Å². The molecule has 0 N–H and O–H groups in total. The first-order valence-electron chi connectivity index (χ1n) is 9.92. The first-order valence-corrected chi connectivity index (χ1v) is 9.92. The monoisotopic (exact) mass is 386 g/mol. The smallest absolute Gasteiger partial charge is 0.311 e. The second-order valence-electron chi connectivity index (χ2n) is 6.80. The Hall–Kier alpha value is -3.33. The van der Waals surface area contributed by atoms with Crippen LogP contribution in [0, 0.1) is 0 Å². The molecule has 0 heterocycles. The Labute approximate surface area is 171 Å². The number of carbonyl (C=O) groups is 1. The fraction of sp³-hybridized carbons (Fsp3) is 0.192. The molecule has 3 heteroatoms. The fourth-order valence-electron chi connectivity index (χ4n) is 3.03. The molecule has 0 spiro atoms. The molecule has 0 aliphatic carbocycles. The van der Waals surface area contributed by atoms with Gasteiger partial charge in [-0.25, -0.2) is 0 Å². The second kappa shape index (κ2) is 10.3. The van der Waals surface area contributed by atoms with Crippen LogP contribution >= 0.6 is 0 Å². The van der Waals surface area contributed by atoms with Gasteiger partial charge in [-0.2, -0.15) is 0 Å². The van der Waals surface area contributed by atoms with Gasteiger partial charge in [0, 0.05) is 6.42 Å². The summed E-state index contributed by atoms with van der Waals surface area (Å²) in [4.78, 5) is 11.5. The van der Waals surface area contributed by atoms with Gasteiger partial charge in [-0.05, 0) is 52.2 Å². The lowest BCUT2D eigenvalue weighted by atomic mass is 10.1. The topological polar surface area (TPSA) is 35.5 Å². The summed E-state index contributed by atoms with van der Waals surface area (Å²) >= 11 is 0. The van der Waals surface area contributed by atoms with Gasteiger partial charge in [-0.15, -0.1) is 0 Å². The van der Waals surface area contributed by atoms with Gasteiger partial charge in [0.05, 0.1) is 7.11 Å². The lowest BCUT2D eigenvalue weighted by Crippen LogP contribution is -2.07. The largest absolute Gasteiger partial charge is 0.497 e. The van der Waals surface area contributed by atoms with Crippen LogP contribution in [0.5, 0.6) is 11.5 Å². The van der Waals surface area contributed by atoms with Crippen LogP contribution in [-0.2, 0) is 4.79 Å². The fourth-order valence-corrected chi connectivity index (χ4v) is 3.03. The van der Waals surface area contributed by atoms with E-state index in [0.717, 1.165) is 29.4 Å². The number of unbranched alkanes of at least 4 members (excludes halogenated alkanes) is 1. The second-order valence-corrected chi connectivity index (χ2v) is 6.80. The van der Waals surface area contributed by atoms with Crippen molar-refractivity contribution in [1.82, 2.24) is 0 Å². The van der Waals surface area contributed by atoms with Gasteiger partial charge in [-0.1, -0.05) is 74.0 Å². The zero-order chi connectivity index (χ0) is 20.5. The van der Waals surface area contributed by atoms with Crippen molar-refractivity contribution in [3.63, 3.8) is 0 Å². The average molecular weight is 386 g/mol. The molecule has 3 nitrogen and oxygen atoms in total. The number of rotatable bonds is 5. The van der Waals surface area contributed by atoms with E-state index in [9.17, 15) is 4.79 Å². The van der Waals surface area contributed by atoms with Crippen molar-refractivity contribution < 1.29 is 14.3 Å². The normalized spacial score (nSPS) is 10.3. The Morgan fingerprint density at radius 2 is 1.24 bits per heavy atom. The third-order valence-corrected chi connectivity index (χ3v) is 4.64. The van der Waals surface area contributed by atoms with Gasteiger partial charge in [0.2, 0.25) is 0 Å². The van der Waals surface area contributed by atoms with Crippen molar-refractivity contribution in [3.8, 4) is 11.5 Å². The van der Waals surface area contributed by atoms with Crippen LogP contribution in [-0.4, -0.2) is 13.1 Å². The molecular formula is C26H26O3. The third kappa shape index (κ3) is 5.82. The first kappa shape index (κ1) is 20.4. The minimum absolute atomic E-state index is 0.151. The minimum atomic E-state index is -0.151. The number of benzene rings is 4. The predicted octanol–water partition coefficient (Wildman–Crippen LogP) is 6.78. The van der Waals surface area contributed by atoms with Gasteiger partial charge in [0.1, 0.15) is 11.5 Å². The average Bonchev–Trinajstić information content (AvgIpc) is 2.77. The molecule has 29 heavy (non-hydrogen) atoms. The molecule has 0 saturated heterocycles. The van der Waals surface area contributed by atoms with Crippen molar-refractivity contribution >= 4 is 27.5 Å². The van der Waals surface area contributed by atoms with E-state index in [1.807, 2.05) is 66.7 Å². The number of esters is 1. The molecule has 0 saturated carbocycles. The van der Waals surface area contributed by atoms with E-state index in [2.05, 4.69) is 25.1 Å². The Kier molecular flexibility index (Phi) is 7.23. The van der Waals surface area contributed by atoms with Gasteiger partial charge in [0.25, 0.3) is 0 Å². The van der Waals surface area contributed by atoms with Crippen LogP contribution in [0.2, 0.25) is 0 Å².